The van der Waals surface area contributed by atoms with Gasteiger partial charge in [0.05, 0.1) is 3.79 Å². The molecule has 0 saturated carbocycles. The fourth-order valence-corrected chi connectivity index (χ4v) is 3.67. The SMILES string of the molecule is CSc1ccc(C(=O)c2cc(Br)sc2C)cc1. The first-order valence-corrected chi connectivity index (χ1v) is 7.90. The van der Waals surface area contributed by atoms with Crippen LogP contribution in [0.2, 0.25) is 0 Å². The number of hydrogen-bond donors (Lipinski definition) is 0. The van der Waals surface area contributed by atoms with Crippen LogP contribution in [0.25, 0.3) is 0 Å². The largest absolute Gasteiger partial charge is 0.289 e. The third-order valence-corrected chi connectivity index (χ3v) is 4.78. The van der Waals surface area contributed by atoms with Gasteiger partial charge in [0.25, 0.3) is 0 Å². The molecule has 0 unspecified atom stereocenters. The van der Waals surface area contributed by atoms with Gasteiger partial charge in [-0.2, -0.15) is 0 Å². The molecule has 0 aliphatic heterocycles. The molecule has 2 rings (SSSR count). The van der Waals surface area contributed by atoms with Crippen molar-refractivity contribution in [2.24, 2.45) is 0 Å². The van der Waals surface area contributed by atoms with Crippen LogP contribution in [0, 0.1) is 6.92 Å². The monoisotopic (exact) mass is 326 g/mol. The number of rotatable bonds is 3. The Labute approximate surface area is 117 Å². The molecular formula is C13H11BrOS2. The smallest absolute Gasteiger partial charge is 0.194 e. The topological polar surface area (TPSA) is 17.1 Å². The lowest BCUT2D eigenvalue weighted by Crippen LogP contribution is -2.00. The second kappa shape index (κ2) is 5.38. The lowest BCUT2D eigenvalue weighted by Gasteiger charge is -2.01. The van der Waals surface area contributed by atoms with E-state index in [1.807, 2.05) is 43.5 Å². The quantitative estimate of drug-likeness (QED) is 0.596. The minimum absolute atomic E-state index is 0.0945. The lowest BCUT2D eigenvalue weighted by molar-refractivity contribution is 0.103. The van der Waals surface area contributed by atoms with E-state index in [0.717, 1.165) is 19.8 Å². The maximum absolute atomic E-state index is 12.3. The molecule has 1 nitrogen and oxygen atoms in total. The van der Waals surface area contributed by atoms with Gasteiger partial charge in [-0.1, -0.05) is 0 Å². The summed E-state index contributed by atoms with van der Waals surface area (Å²) in [5, 5.41) is 0. The van der Waals surface area contributed by atoms with Crippen molar-refractivity contribution in [3.63, 3.8) is 0 Å². The van der Waals surface area contributed by atoms with Crippen molar-refractivity contribution in [1.29, 1.82) is 0 Å². The summed E-state index contributed by atoms with van der Waals surface area (Å²) in [6.45, 7) is 1.97. The van der Waals surface area contributed by atoms with E-state index in [-0.39, 0.29) is 5.78 Å². The molecule has 0 spiro atoms. The Morgan fingerprint density at radius 3 is 2.41 bits per heavy atom. The van der Waals surface area contributed by atoms with Crippen LogP contribution in [0.5, 0.6) is 0 Å². The highest BCUT2D eigenvalue weighted by atomic mass is 79.9. The number of carbonyl (C=O) groups excluding carboxylic acids is 1. The number of carbonyl (C=O) groups is 1. The number of ketones is 1. The molecule has 1 heterocycles. The van der Waals surface area contributed by atoms with Gasteiger partial charge in [0, 0.05) is 20.9 Å². The van der Waals surface area contributed by atoms with Gasteiger partial charge in [0.1, 0.15) is 0 Å². The van der Waals surface area contributed by atoms with Gasteiger partial charge in [-0.25, -0.2) is 0 Å². The first-order chi connectivity index (χ1) is 8.11. The van der Waals surface area contributed by atoms with Crippen molar-refractivity contribution < 1.29 is 4.79 Å². The van der Waals surface area contributed by atoms with Crippen LogP contribution in [0.3, 0.4) is 0 Å². The van der Waals surface area contributed by atoms with Gasteiger partial charge in [-0.15, -0.1) is 23.1 Å². The van der Waals surface area contributed by atoms with Crippen molar-refractivity contribution in [1.82, 2.24) is 0 Å². The molecule has 0 radical (unpaired) electrons. The molecule has 2 aromatic rings. The van der Waals surface area contributed by atoms with E-state index in [0.29, 0.717) is 0 Å². The van der Waals surface area contributed by atoms with Crippen LogP contribution in [-0.4, -0.2) is 12.0 Å². The van der Waals surface area contributed by atoms with E-state index in [9.17, 15) is 4.79 Å². The average molecular weight is 327 g/mol. The van der Waals surface area contributed by atoms with Crippen LogP contribution in [-0.2, 0) is 0 Å². The van der Waals surface area contributed by atoms with Crippen molar-refractivity contribution in [2.75, 3.05) is 6.26 Å². The summed E-state index contributed by atoms with van der Waals surface area (Å²) < 4.78 is 0.999. The first kappa shape index (κ1) is 12.9. The maximum atomic E-state index is 12.3. The molecule has 0 saturated heterocycles. The van der Waals surface area contributed by atoms with Gasteiger partial charge >= 0.3 is 0 Å². The third kappa shape index (κ3) is 2.81. The van der Waals surface area contributed by atoms with E-state index in [4.69, 9.17) is 0 Å². The van der Waals surface area contributed by atoms with Crippen LogP contribution in [0.1, 0.15) is 20.8 Å². The van der Waals surface area contributed by atoms with Crippen molar-refractivity contribution in [3.05, 3.63) is 50.1 Å². The Bertz CT molecular complexity index is 543. The van der Waals surface area contributed by atoms with Crippen LogP contribution in [0.15, 0.2) is 39.0 Å². The fraction of sp³-hybridized carbons (Fsp3) is 0.154. The molecule has 1 aromatic carbocycles. The molecule has 0 aliphatic rings. The zero-order valence-corrected chi connectivity index (χ0v) is 12.7. The lowest BCUT2D eigenvalue weighted by atomic mass is 10.0. The molecule has 17 heavy (non-hydrogen) atoms. The zero-order valence-electron chi connectivity index (χ0n) is 9.49. The summed E-state index contributed by atoms with van der Waals surface area (Å²) >= 11 is 6.68. The van der Waals surface area contributed by atoms with Crippen LogP contribution < -0.4 is 0 Å². The van der Waals surface area contributed by atoms with Gasteiger partial charge < -0.3 is 0 Å². The summed E-state index contributed by atoms with van der Waals surface area (Å²) in [6, 6.07) is 9.63. The third-order valence-electron chi connectivity index (χ3n) is 2.48. The van der Waals surface area contributed by atoms with E-state index < -0.39 is 0 Å². The maximum Gasteiger partial charge on any atom is 0.194 e. The Kier molecular flexibility index (Phi) is 4.07. The van der Waals surface area contributed by atoms with Crippen molar-refractivity contribution >= 4 is 44.8 Å². The second-order valence-corrected chi connectivity index (χ2v) is 7.09. The normalized spacial score (nSPS) is 10.5. The molecule has 0 amide bonds. The molecule has 0 N–H and O–H groups in total. The minimum Gasteiger partial charge on any atom is -0.289 e. The van der Waals surface area contributed by atoms with Gasteiger partial charge in [-0.3, -0.25) is 4.79 Å². The molecule has 1 aromatic heterocycles. The number of hydrogen-bond acceptors (Lipinski definition) is 3. The number of benzene rings is 1. The summed E-state index contributed by atoms with van der Waals surface area (Å²) in [5.74, 6) is 0.0945. The molecule has 0 atom stereocenters. The molecule has 0 fully saturated rings. The second-order valence-electron chi connectivity index (χ2n) is 3.58. The van der Waals surface area contributed by atoms with E-state index in [1.165, 1.54) is 4.90 Å². The fourth-order valence-electron chi connectivity index (χ4n) is 1.57. The van der Waals surface area contributed by atoms with Crippen molar-refractivity contribution in [2.45, 2.75) is 11.8 Å². The van der Waals surface area contributed by atoms with Gasteiger partial charge in [0.15, 0.2) is 5.78 Å². The number of aryl methyl sites for hydroxylation is 1. The summed E-state index contributed by atoms with van der Waals surface area (Å²) in [4.78, 5) is 14.5. The Hall–Kier alpha value is -0.580. The predicted molar refractivity (Wildman–Crippen MR) is 78.4 cm³/mol. The first-order valence-electron chi connectivity index (χ1n) is 5.06. The van der Waals surface area contributed by atoms with Gasteiger partial charge in [-0.05, 0) is 59.4 Å². The van der Waals surface area contributed by atoms with E-state index >= 15 is 0 Å². The average Bonchev–Trinajstić information content (AvgIpc) is 2.68. The Morgan fingerprint density at radius 1 is 1.29 bits per heavy atom. The summed E-state index contributed by atoms with van der Waals surface area (Å²) in [5.41, 5.74) is 1.54. The highest BCUT2D eigenvalue weighted by Crippen LogP contribution is 2.28. The van der Waals surface area contributed by atoms with Crippen LogP contribution >= 0.6 is 39.0 Å². The van der Waals surface area contributed by atoms with E-state index in [1.54, 1.807) is 23.1 Å². The summed E-state index contributed by atoms with van der Waals surface area (Å²) in [7, 11) is 0. The molecule has 88 valence electrons. The minimum atomic E-state index is 0.0945. The van der Waals surface area contributed by atoms with E-state index in [2.05, 4.69) is 15.9 Å². The number of thioether (sulfide) groups is 1. The van der Waals surface area contributed by atoms with Crippen LogP contribution in [0.4, 0.5) is 0 Å². The molecular weight excluding hydrogens is 316 g/mol. The van der Waals surface area contributed by atoms with Crippen molar-refractivity contribution in [3.8, 4) is 0 Å². The standard InChI is InChI=1S/C13H11BrOS2/c1-8-11(7-12(14)17-8)13(15)9-3-5-10(16-2)6-4-9/h3-7H,1-2H3. The highest BCUT2D eigenvalue weighted by molar-refractivity contribution is 9.11. The predicted octanol–water partition coefficient (Wildman–Crippen LogP) is 4.77. The Morgan fingerprint density at radius 2 is 1.94 bits per heavy atom. The molecule has 0 aliphatic carbocycles. The molecule has 0 bridgehead atoms. The Balaban J connectivity index is 2.33. The molecule has 4 heteroatoms. The summed E-state index contributed by atoms with van der Waals surface area (Å²) in [6.07, 6.45) is 2.02. The number of halogens is 1. The highest BCUT2D eigenvalue weighted by Gasteiger charge is 2.14. The number of thiophene rings is 1. The van der Waals surface area contributed by atoms with Gasteiger partial charge in [0.2, 0.25) is 0 Å². The zero-order chi connectivity index (χ0) is 12.4.